The first-order chi connectivity index (χ1) is 15.9. The van der Waals surface area contributed by atoms with Crippen molar-refractivity contribution in [2.45, 2.75) is 31.7 Å². The predicted molar refractivity (Wildman–Crippen MR) is 125 cm³/mol. The molecule has 9 heteroatoms. The maximum atomic E-state index is 14.4. The number of para-hydroxylation sites is 1. The van der Waals surface area contributed by atoms with Crippen LogP contribution < -0.4 is 15.4 Å². The highest BCUT2D eigenvalue weighted by atomic mass is 35.5. The van der Waals surface area contributed by atoms with Gasteiger partial charge >= 0.3 is 0 Å². The van der Waals surface area contributed by atoms with Gasteiger partial charge in [-0.05, 0) is 30.2 Å². The minimum Gasteiger partial charge on any atom is -0.420 e. The van der Waals surface area contributed by atoms with Crippen molar-refractivity contribution in [2.75, 3.05) is 4.90 Å². The van der Waals surface area contributed by atoms with Gasteiger partial charge in [0.25, 0.3) is 0 Å². The number of halogens is 2. The van der Waals surface area contributed by atoms with Crippen molar-refractivity contribution >= 4 is 34.8 Å². The highest BCUT2D eigenvalue weighted by Crippen LogP contribution is 2.56. The van der Waals surface area contributed by atoms with E-state index in [1.54, 1.807) is 17.0 Å². The third-order valence-electron chi connectivity index (χ3n) is 6.11. The maximum Gasteiger partial charge on any atom is 0.248 e. The number of carbonyl (C=O) groups is 1. The lowest BCUT2D eigenvalue weighted by Gasteiger charge is -2.33. The molecule has 3 N–H and O–H groups in total. The van der Waals surface area contributed by atoms with Crippen LogP contribution in [0, 0.1) is 11.3 Å². The number of rotatable bonds is 4. The minimum atomic E-state index is -1.45. The fourth-order valence-electron chi connectivity index (χ4n) is 4.77. The van der Waals surface area contributed by atoms with Crippen molar-refractivity contribution < 1.29 is 9.53 Å². The van der Waals surface area contributed by atoms with Crippen LogP contribution in [0.1, 0.15) is 35.7 Å². The number of nitrogens with one attached hydrogen (secondary N) is 1. The van der Waals surface area contributed by atoms with E-state index in [4.69, 9.17) is 33.7 Å². The third kappa shape index (κ3) is 2.95. The quantitative estimate of drug-likeness (QED) is 0.568. The fraction of sp³-hybridized carbons (Fsp3) is 0.208. The zero-order chi connectivity index (χ0) is 23.3. The monoisotopic (exact) mass is 479 g/mol. The summed E-state index contributed by atoms with van der Waals surface area (Å²) in [5.74, 6) is -0.203. The van der Waals surface area contributed by atoms with Crippen LogP contribution in [-0.2, 0) is 23.2 Å². The van der Waals surface area contributed by atoms with E-state index in [9.17, 15) is 10.1 Å². The summed E-state index contributed by atoms with van der Waals surface area (Å²) in [6.45, 7) is 2.27. The second-order valence-corrected chi connectivity index (χ2v) is 8.81. The Bertz CT molecular complexity index is 1370. The topological polar surface area (TPSA) is 108 Å². The standard InChI is InChI=1S/C24H19Cl2N5O2/c1-2-5-18-20-22(30-29-18)33-21(28)15(11-27)24(20)14-6-3-4-7-19(14)31(23(24)32)12-13-8-9-16(25)17(26)10-13/h3-4,6-10H,2,5,12,28H2,1H3,(H,29,30)/t24-/m1/s1. The van der Waals surface area contributed by atoms with Gasteiger partial charge in [0, 0.05) is 16.9 Å². The van der Waals surface area contributed by atoms with Gasteiger partial charge in [-0.2, -0.15) is 5.26 Å². The Morgan fingerprint density at radius 3 is 2.76 bits per heavy atom. The number of nitrogens with zero attached hydrogens (tertiary/aromatic N) is 3. The summed E-state index contributed by atoms with van der Waals surface area (Å²) in [7, 11) is 0. The molecule has 0 bridgehead atoms. The fourth-order valence-corrected chi connectivity index (χ4v) is 5.09. The first-order valence-corrected chi connectivity index (χ1v) is 11.2. The second-order valence-electron chi connectivity index (χ2n) is 7.99. The second kappa shape index (κ2) is 7.84. The molecule has 3 aromatic rings. The van der Waals surface area contributed by atoms with Gasteiger partial charge in [-0.15, -0.1) is 5.10 Å². The molecule has 0 saturated carbocycles. The summed E-state index contributed by atoms with van der Waals surface area (Å²) in [6, 6.07) is 14.8. The van der Waals surface area contributed by atoms with Gasteiger partial charge in [-0.1, -0.05) is 60.8 Å². The molecule has 1 atom stereocenters. The number of aryl methyl sites for hydroxylation is 1. The average molecular weight is 480 g/mol. The number of aromatic amines is 1. The average Bonchev–Trinajstić information content (AvgIpc) is 3.30. The lowest BCUT2D eigenvalue weighted by Crippen LogP contribution is -2.46. The number of ether oxygens (including phenoxy) is 1. The van der Waals surface area contributed by atoms with Gasteiger partial charge in [0.1, 0.15) is 17.1 Å². The molecule has 0 aliphatic carbocycles. The lowest BCUT2D eigenvalue weighted by molar-refractivity contribution is -0.121. The number of fused-ring (bicyclic) bond motifs is 4. The van der Waals surface area contributed by atoms with Crippen LogP contribution >= 0.6 is 23.2 Å². The number of carbonyl (C=O) groups excluding carboxylic acids is 1. The predicted octanol–water partition coefficient (Wildman–Crippen LogP) is 4.59. The summed E-state index contributed by atoms with van der Waals surface area (Å²) in [4.78, 5) is 16.0. The number of nitrogens with two attached hydrogens (primary N) is 1. The Balaban J connectivity index is 1.76. The zero-order valence-electron chi connectivity index (χ0n) is 17.7. The Labute approximate surface area is 200 Å². The minimum absolute atomic E-state index is 0.0582. The summed E-state index contributed by atoms with van der Waals surface area (Å²) in [5, 5.41) is 18.3. The SMILES string of the molecule is CCCc1[nH]nc2c1[C@]1(C(=O)N(Cc3ccc(Cl)c(Cl)c3)c3ccccc31)C(C#N)=C(N)O2. The number of amides is 1. The molecule has 0 radical (unpaired) electrons. The number of aromatic nitrogens is 2. The number of anilines is 1. The lowest BCUT2D eigenvalue weighted by atomic mass is 9.68. The van der Waals surface area contributed by atoms with Crippen LogP contribution in [0.5, 0.6) is 5.88 Å². The van der Waals surface area contributed by atoms with Crippen molar-refractivity contribution in [2.24, 2.45) is 5.73 Å². The molecule has 0 fully saturated rings. The Morgan fingerprint density at radius 1 is 1.24 bits per heavy atom. The largest absolute Gasteiger partial charge is 0.420 e. The van der Waals surface area contributed by atoms with E-state index in [-0.39, 0.29) is 29.8 Å². The molecule has 7 nitrogen and oxygen atoms in total. The van der Waals surface area contributed by atoms with E-state index >= 15 is 0 Å². The van der Waals surface area contributed by atoms with E-state index in [1.165, 1.54) is 0 Å². The Morgan fingerprint density at radius 2 is 2.03 bits per heavy atom. The van der Waals surface area contributed by atoms with E-state index in [1.807, 2.05) is 37.3 Å². The molecule has 2 aliphatic rings. The van der Waals surface area contributed by atoms with Crippen LogP contribution in [-0.4, -0.2) is 16.1 Å². The molecule has 1 amide bonds. The number of hydrogen-bond donors (Lipinski definition) is 2. The van der Waals surface area contributed by atoms with Gasteiger partial charge in [-0.3, -0.25) is 9.89 Å². The highest BCUT2D eigenvalue weighted by molar-refractivity contribution is 6.42. The van der Waals surface area contributed by atoms with E-state index < -0.39 is 5.41 Å². The highest BCUT2D eigenvalue weighted by Gasteiger charge is 2.60. The van der Waals surface area contributed by atoms with Crippen molar-refractivity contribution in [3.05, 3.63) is 86.4 Å². The molecular formula is C24H19Cl2N5O2. The van der Waals surface area contributed by atoms with Gasteiger partial charge < -0.3 is 15.4 Å². The number of hydrogen-bond acceptors (Lipinski definition) is 5. The van der Waals surface area contributed by atoms with E-state index in [0.717, 1.165) is 17.7 Å². The smallest absolute Gasteiger partial charge is 0.248 e. The third-order valence-corrected chi connectivity index (χ3v) is 6.85. The van der Waals surface area contributed by atoms with Gasteiger partial charge in [0.15, 0.2) is 0 Å². The number of benzene rings is 2. The van der Waals surface area contributed by atoms with Gasteiger partial charge in [0.05, 0.1) is 22.2 Å². The van der Waals surface area contributed by atoms with Crippen molar-refractivity contribution in [3.63, 3.8) is 0 Å². The Hall–Kier alpha value is -3.47. The molecular weight excluding hydrogens is 461 g/mol. The number of nitriles is 1. The molecule has 0 unspecified atom stereocenters. The van der Waals surface area contributed by atoms with Crippen LogP contribution in [0.4, 0.5) is 5.69 Å². The van der Waals surface area contributed by atoms with Gasteiger partial charge in [-0.25, -0.2) is 0 Å². The van der Waals surface area contributed by atoms with Crippen LogP contribution in [0.3, 0.4) is 0 Å². The normalized spacial score (nSPS) is 18.8. The molecule has 5 rings (SSSR count). The van der Waals surface area contributed by atoms with Gasteiger partial charge in [0.2, 0.25) is 17.7 Å². The summed E-state index contributed by atoms with van der Waals surface area (Å²) in [6.07, 6.45) is 1.45. The van der Waals surface area contributed by atoms with Crippen LogP contribution in [0.2, 0.25) is 10.0 Å². The molecule has 2 aromatic carbocycles. The molecule has 33 heavy (non-hydrogen) atoms. The first kappa shape index (κ1) is 21.4. The molecule has 2 aliphatic heterocycles. The summed E-state index contributed by atoms with van der Waals surface area (Å²) in [5.41, 5.74) is 8.22. The molecule has 0 saturated heterocycles. The zero-order valence-corrected chi connectivity index (χ0v) is 19.2. The molecule has 1 spiro atoms. The summed E-state index contributed by atoms with van der Waals surface area (Å²) < 4.78 is 5.68. The molecule has 166 valence electrons. The van der Waals surface area contributed by atoms with Crippen molar-refractivity contribution in [1.82, 2.24) is 10.2 Å². The maximum absolute atomic E-state index is 14.4. The van der Waals surface area contributed by atoms with Crippen molar-refractivity contribution in [3.8, 4) is 11.9 Å². The Kier molecular flexibility index (Phi) is 5.08. The molecule has 1 aromatic heterocycles. The van der Waals surface area contributed by atoms with E-state index in [2.05, 4.69) is 16.3 Å². The number of H-pyrrole nitrogens is 1. The first-order valence-electron chi connectivity index (χ1n) is 10.4. The van der Waals surface area contributed by atoms with Crippen molar-refractivity contribution in [1.29, 1.82) is 5.26 Å². The summed E-state index contributed by atoms with van der Waals surface area (Å²) >= 11 is 12.3. The van der Waals surface area contributed by atoms with Crippen LogP contribution in [0.25, 0.3) is 0 Å². The van der Waals surface area contributed by atoms with Crippen LogP contribution in [0.15, 0.2) is 53.9 Å². The van der Waals surface area contributed by atoms with E-state index in [0.29, 0.717) is 33.3 Å². The molecule has 3 heterocycles.